The Bertz CT molecular complexity index is 131. The van der Waals surface area contributed by atoms with Crippen molar-refractivity contribution in [3.63, 3.8) is 0 Å². The molecule has 0 heterocycles. The number of rotatable bonds is 3. The van der Waals surface area contributed by atoms with Crippen LogP contribution < -0.4 is 0 Å². The van der Waals surface area contributed by atoms with Crippen LogP contribution >= 0.6 is 0 Å². The first-order valence-corrected chi connectivity index (χ1v) is 5.38. The molecule has 1 aliphatic carbocycles. The average molecular weight is 169 g/mol. The van der Waals surface area contributed by atoms with Crippen LogP contribution in [-0.2, 0) is 0 Å². The van der Waals surface area contributed by atoms with Crippen LogP contribution in [0, 0.1) is 5.92 Å². The normalized spacial score (nSPS) is 30.5. The monoisotopic (exact) mass is 169 g/mol. The van der Waals surface area contributed by atoms with Gasteiger partial charge >= 0.3 is 0 Å². The summed E-state index contributed by atoms with van der Waals surface area (Å²) in [6, 6.07) is 1.58. The van der Waals surface area contributed by atoms with E-state index in [2.05, 4.69) is 32.7 Å². The van der Waals surface area contributed by atoms with Gasteiger partial charge in [0.2, 0.25) is 0 Å². The average Bonchev–Trinajstić information content (AvgIpc) is 2.49. The van der Waals surface area contributed by atoms with Crippen LogP contribution in [0.4, 0.5) is 0 Å². The lowest BCUT2D eigenvalue weighted by molar-refractivity contribution is 0.156. The molecule has 1 fully saturated rings. The Kier molecular flexibility index (Phi) is 3.57. The minimum atomic E-state index is 0.710. The van der Waals surface area contributed by atoms with E-state index in [0.29, 0.717) is 6.04 Å². The third kappa shape index (κ3) is 2.01. The fourth-order valence-corrected chi connectivity index (χ4v) is 2.41. The first-order chi connectivity index (χ1) is 5.66. The highest BCUT2D eigenvalue weighted by molar-refractivity contribution is 4.84. The molecule has 0 aromatic carbocycles. The van der Waals surface area contributed by atoms with E-state index < -0.39 is 0 Å². The predicted molar refractivity (Wildman–Crippen MR) is 54.3 cm³/mol. The summed E-state index contributed by atoms with van der Waals surface area (Å²) in [4.78, 5) is 2.56. The maximum Gasteiger partial charge on any atom is 0.0123 e. The zero-order valence-electron chi connectivity index (χ0n) is 9.01. The smallest absolute Gasteiger partial charge is 0.0123 e. The number of hydrogen-bond acceptors (Lipinski definition) is 1. The van der Waals surface area contributed by atoms with E-state index in [9.17, 15) is 0 Å². The Morgan fingerprint density at radius 1 is 1.33 bits per heavy atom. The summed E-state index contributed by atoms with van der Waals surface area (Å²) in [5, 5.41) is 0. The maximum atomic E-state index is 2.56. The fourth-order valence-electron chi connectivity index (χ4n) is 2.41. The summed E-state index contributed by atoms with van der Waals surface area (Å²) in [6.07, 6.45) is 5.69. The quantitative estimate of drug-likeness (QED) is 0.628. The molecule has 1 rings (SSSR count). The van der Waals surface area contributed by atoms with Crippen molar-refractivity contribution in [2.45, 2.75) is 58.5 Å². The van der Waals surface area contributed by atoms with Crippen LogP contribution in [-0.4, -0.2) is 24.0 Å². The minimum Gasteiger partial charge on any atom is -0.301 e. The van der Waals surface area contributed by atoms with E-state index in [1.807, 2.05) is 0 Å². The van der Waals surface area contributed by atoms with E-state index in [1.165, 1.54) is 25.7 Å². The van der Waals surface area contributed by atoms with Crippen LogP contribution in [0.15, 0.2) is 0 Å². The first-order valence-electron chi connectivity index (χ1n) is 5.38. The molecule has 2 atom stereocenters. The van der Waals surface area contributed by atoms with Gasteiger partial charge in [-0.25, -0.2) is 0 Å². The molecule has 0 N–H and O–H groups in total. The molecule has 1 saturated carbocycles. The van der Waals surface area contributed by atoms with Gasteiger partial charge in [-0.1, -0.05) is 19.8 Å². The van der Waals surface area contributed by atoms with Gasteiger partial charge < -0.3 is 4.90 Å². The topological polar surface area (TPSA) is 3.24 Å². The molecule has 1 nitrogen and oxygen atoms in total. The van der Waals surface area contributed by atoms with Crippen molar-refractivity contribution in [2.24, 2.45) is 5.92 Å². The standard InChI is InChI=1S/C11H23N/c1-5-10-7-6-8-11(10)12(4)9(2)3/h9-11H,5-8H2,1-4H3. The summed E-state index contributed by atoms with van der Waals surface area (Å²) in [5.74, 6) is 0.970. The first kappa shape index (κ1) is 10.0. The fraction of sp³-hybridized carbons (Fsp3) is 1.00. The number of hydrogen-bond donors (Lipinski definition) is 0. The van der Waals surface area contributed by atoms with Gasteiger partial charge in [-0.05, 0) is 39.7 Å². The molecule has 0 bridgehead atoms. The molecule has 2 unspecified atom stereocenters. The lowest BCUT2D eigenvalue weighted by atomic mass is 9.99. The third-order valence-electron chi connectivity index (χ3n) is 3.48. The van der Waals surface area contributed by atoms with Crippen molar-refractivity contribution in [1.82, 2.24) is 4.90 Å². The van der Waals surface area contributed by atoms with Crippen molar-refractivity contribution in [3.05, 3.63) is 0 Å². The van der Waals surface area contributed by atoms with Gasteiger partial charge in [-0.3, -0.25) is 0 Å². The van der Waals surface area contributed by atoms with Gasteiger partial charge in [0.1, 0.15) is 0 Å². The van der Waals surface area contributed by atoms with Crippen molar-refractivity contribution in [2.75, 3.05) is 7.05 Å². The molecule has 12 heavy (non-hydrogen) atoms. The summed E-state index contributed by atoms with van der Waals surface area (Å²) < 4.78 is 0. The Hall–Kier alpha value is -0.0400. The summed E-state index contributed by atoms with van der Waals surface area (Å²) >= 11 is 0. The second kappa shape index (κ2) is 4.27. The molecule has 0 aromatic rings. The van der Waals surface area contributed by atoms with Crippen molar-refractivity contribution >= 4 is 0 Å². The van der Waals surface area contributed by atoms with Gasteiger partial charge in [0.05, 0.1) is 0 Å². The zero-order valence-corrected chi connectivity index (χ0v) is 9.01. The lowest BCUT2D eigenvalue weighted by Gasteiger charge is -2.32. The molecular formula is C11H23N. The van der Waals surface area contributed by atoms with Gasteiger partial charge in [0.25, 0.3) is 0 Å². The van der Waals surface area contributed by atoms with Crippen LogP contribution in [0.25, 0.3) is 0 Å². The summed E-state index contributed by atoms with van der Waals surface area (Å²) in [6.45, 7) is 6.92. The van der Waals surface area contributed by atoms with Gasteiger partial charge in [0.15, 0.2) is 0 Å². The molecule has 72 valence electrons. The van der Waals surface area contributed by atoms with Crippen molar-refractivity contribution in [1.29, 1.82) is 0 Å². The van der Waals surface area contributed by atoms with E-state index in [-0.39, 0.29) is 0 Å². The Morgan fingerprint density at radius 2 is 2.00 bits per heavy atom. The second-order valence-electron chi connectivity index (χ2n) is 4.43. The predicted octanol–water partition coefficient (Wildman–Crippen LogP) is 2.91. The SMILES string of the molecule is CCC1CCCC1N(C)C(C)C. The van der Waals surface area contributed by atoms with Gasteiger partial charge in [0, 0.05) is 12.1 Å². The molecular weight excluding hydrogens is 146 g/mol. The van der Waals surface area contributed by atoms with E-state index in [0.717, 1.165) is 12.0 Å². The maximum absolute atomic E-state index is 2.56. The minimum absolute atomic E-state index is 0.710. The van der Waals surface area contributed by atoms with Crippen molar-refractivity contribution in [3.8, 4) is 0 Å². The molecule has 0 saturated heterocycles. The van der Waals surface area contributed by atoms with Gasteiger partial charge in [-0.2, -0.15) is 0 Å². The van der Waals surface area contributed by atoms with Crippen LogP contribution in [0.1, 0.15) is 46.5 Å². The van der Waals surface area contributed by atoms with Crippen LogP contribution in [0.5, 0.6) is 0 Å². The van der Waals surface area contributed by atoms with Crippen LogP contribution in [0.2, 0.25) is 0 Å². The van der Waals surface area contributed by atoms with E-state index in [4.69, 9.17) is 0 Å². The molecule has 1 heteroatoms. The summed E-state index contributed by atoms with van der Waals surface area (Å²) in [7, 11) is 2.28. The molecule has 0 aliphatic heterocycles. The van der Waals surface area contributed by atoms with Gasteiger partial charge in [-0.15, -0.1) is 0 Å². The largest absolute Gasteiger partial charge is 0.301 e. The highest BCUT2D eigenvalue weighted by Gasteiger charge is 2.29. The highest BCUT2D eigenvalue weighted by atomic mass is 15.2. The molecule has 0 spiro atoms. The Labute approximate surface area is 77.1 Å². The highest BCUT2D eigenvalue weighted by Crippen LogP contribution is 2.32. The molecule has 0 radical (unpaired) electrons. The Morgan fingerprint density at radius 3 is 2.50 bits per heavy atom. The second-order valence-corrected chi connectivity index (χ2v) is 4.43. The van der Waals surface area contributed by atoms with E-state index in [1.54, 1.807) is 0 Å². The Balaban J connectivity index is 2.49. The van der Waals surface area contributed by atoms with E-state index >= 15 is 0 Å². The molecule has 0 aromatic heterocycles. The molecule has 0 amide bonds. The number of nitrogens with zero attached hydrogens (tertiary/aromatic N) is 1. The summed E-state index contributed by atoms with van der Waals surface area (Å²) in [5.41, 5.74) is 0. The zero-order chi connectivity index (χ0) is 9.14. The third-order valence-corrected chi connectivity index (χ3v) is 3.48. The molecule has 1 aliphatic rings. The van der Waals surface area contributed by atoms with Crippen LogP contribution in [0.3, 0.4) is 0 Å². The van der Waals surface area contributed by atoms with Crippen molar-refractivity contribution < 1.29 is 0 Å². The lowest BCUT2D eigenvalue weighted by Crippen LogP contribution is -2.39.